The second-order valence-corrected chi connectivity index (χ2v) is 7.38. The molecule has 0 spiro atoms. The number of aromatic hydroxyl groups is 1. The van der Waals surface area contributed by atoms with Gasteiger partial charge >= 0.3 is 5.69 Å². The molecule has 31 heavy (non-hydrogen) atoms. The zero-order valence-electron chi connectivity index (χ0n) is 15.8. The molecule has 5 rings (SSSR count). The number of H-pyrrole nitrogens is 2. The van der Waals surface area contributed by atoms with Gasteiger partial charge in [0.25, 0.3) is 0 Å². The first-order chi connectivity index (χ1) is 15.0. The maximum absolute atomic E-state index is 11.4. The molecule has 4 heterocycles. The molecule has 154 valence electrons. The minimum Gasteiger partial charge on any atom is -0.493 e. The van der Waals surface area contributed by atoms with Crippen molar-refractivity contribution in [2.24, 2.45) is 4.99 Å². The Morgan fingerprint density at radius 2 is 2.19 bits per heavy atom. The third-order valence-electron chi connectivity index (χ3n) is 4.59. The number of imidazole rings is 1. The molecule has 0 unspecified atom stereocenters. The van der Waals surface area contributed by atoms with Gasteiger partial charge in [-0.2, -0.15) is 14.9 Å². The molecule has 1 aliphatic rings. The van der Waals surface area contributed by atoms with Gasteiger partial charge in [-0.25, -0.2) is 14.8 Å². The van der Waals surface area contributed by atoms with Gasteiger partial charge in [0.1, 0.15) is 23.4 Å². The van der Waals surface area contributed by atoms with Crippen molar-refractivity contribution in [3.8, 4) is 11.9 Å². The quantitative estimate of drug-likeness (QED) is 0.367. The first-order valence-corrected chi connectivity index (χ1v) is 9.66. The summed E-state index contributed by atoms with van der Waals surface area (Å²) in [5, 5.41) is 27.1. The maximum atomic E-state index is 11.4. The summed E-state index contributed by atoms with van der Waals surface area (Å²) in [5.41, 5.74) is 1.07. The topological polar surface area (TPSA) is 160 Å². The van der Waals surface area contributed by atoms with Crippen LogP contribution in [0.1, 0.15) is 24.1 Å². The van der Waals surface area contributed by atoms with Crippen molar-refractivity contribution < 1.29 is 5.11 Å². The highest BCUT2D eigenvalue weighted by molar-refractivity contribution is 6.33. The predicted molar refractivity (Wildman–Crippen MR) is 111 cm³/mol. The van der Waals surface area contributed by atoms with Gasteiger partial charge in [-0.1, -0.05) is 11.6 Å². The predicted octanol–water partition coefficient (Wildman–Crippen LogP) is 0.726. The molecule has 0 bridgehead atoms. The molecule has 1 aliphatic carbocycles. The van der Waals surface area contributed by atoms with Gasteiger partial charge < -0.3 is 15.4 Å². The standard InChI is InChI=1S/C19H14ClN9O2/c20-12-3-9(6-21)7-22-16(12)26-14-5-15(24-11-1-2-11)29-17(27-14)10(8-23-29)4-13-18(30)28-19(31)25-13/h3-5,7-8,11,30H,1-2H2,(H,22,26)(H2,25,28,31)/b10-4-,24-15?. The number of aromatic amines is 2. The van der Waals surface area contributed by atoms with Gasteiger partial charge in [0.05, 0.1) is 22.8 Å². The van der Waals surface area contributed by atoms with E-state index >= 15 is 0 Å². The van der Waals surface area contributed by atoms with E-state index in [1.165, 1.54) is 12.3 Å². The number of fused-ring (bicyclic) bond motifs is 1. The molecule has 0 aliphatic heterocycles. The number of pyridine rings is 1. The van der Waals surface area contributed by atoms with E-state index in [-0.39, 0.29) is 22.6 Å². The van der Waals surface area contributed by atoms with Crippen LogP contribution in [-0.2, 0) is 0 Å². The molecule has 0 radical (unpaired) electrons. The van der Waals surface area contributed by atoms with Crippen molar-refractivity contribution in [2.45, 2.75) is 18.9 Å². The zero-order valence-corrected chi connectivity index (χ0v) is 16.6. The van der Waals surface area contributed by atoms with Crippen molar-refractivity contribution in [1.29, 1.82) is 5.26 Å². The van der Waals surface area contributed by atoms with E-state index in [0.29, 0.717) is 33.6 Å². The Morgan fingerprint density at radius 3 is 2.87 bits per heavy atom. The van der Waals surface area contributed by atoms with Gasteiger partial charge in [0.15, 0.2) is 11.1 Å². The Balaban J connectivity index is 1.66. The summed E-state index contributed by atoms with van der Waals surface area (Å²) < 4.78 is 1.59. The minimum absolute atomic E-state index is 0.206. The van der Waals surface area contributed by atoms with Crippen LogP contribution in [0.5, 0.6) is 5.88 Å². The summed E-state index contributed by atoms with van der Waals surface area (Å²) >= 11 is 6.23. The number of anilines is 2. The fourth-order valence-electron chi connectivity index (χ4n) is 2.97. The highest BCUT2D eigenvalue weighted by Gasteiger charge is 2.20. The Kier molecular flexibility index (Phi) is 4.41. The first kappa shape index (κ1) is 18.8. The summed E-state index contributed by atoms with van der Waals surface area (Å²) in [4.78, 5) is 29.6. The summed E-state index contributed by atoms with van der Waals surface area (Å²) in [6.07, 6.45) is 6.55. The highest BCUT2D eigenvalue weighted by atomic mass is 35.5. The van der Waals surface area contributed by atoms with Crippen LogP contribution in [-0.4, -0.2) is 40.7 Å². The Labute approximate surface area is 178 Å². The number of nitrogens with zero attached hydrogens (tertiary/aromatic N) is 6. The molecule has 1 saturated carbocycles. The smallest absolute Gasteiger partial charge is 0.326 e. The van der Waals surface area contributed by atoms with Gasteiger partial charge in [0, 0.05) is 17.5 Å². The molecule has 1 fully saturated rings. The van der Waals surface area contributed by atoms with Crippen LogP contribution >= 0.6 is 11.6 Å². The zero-order chi connectivity index (χ0) is 21.5. The molecule has 4 aromatic heterocycles. The van der Waals surface area contributed by atoms with Crippen molar-refractivity contribution in [2.75, 3.05) is 5.32 Å². The van der Waals surface area contributed by atoms with Crippen LogP contribution in [0.3, 0.4) is 0 Å². The number of rotatable bonds is 4. The molecule has 0 amide bonds. The molecular weight excluding hydrogens is 422 g/mol. The normalized spacial score (nSPS) is 14.8. The van der Waals surface area contributed by atoms with E-state index in [1.54, 1.807) is 22.9 Å². The van der Waals surface area contributed by atoms with Crippen LogP contribution in [0, 0.1) is 11.3 Å². The number of nitrogens with one attached hydrogen (secondary N) is 3. The lowest BCUT2D eigenvalue weighted by atomic mass is 10.3. The molecule has 4 aromatic rings. The summed E-state index contributed by atoms with van der Waals surface area (Å²) in [7, 11) is 0. The Morgan fingerprint density at radius 1 is 1.35 bits per heavy atom. The lowest BCUT2D eigenvalue weighted by molar-refractivity contribution is 0.454. The van der Waals surface area contributed by atoms with Crippen molar-refractivity contribution in [3.05, 3.63) is 62.0 Å². The Bertz CT molecular complexity index is 1540. The average Bonchev–Trinajstić information content (AvgIpc) is 3.38. The molecule has 0 atom stereocenters. The highest BCUT2D eigenvalue weighted by Crippen LogP contribution is 2.24. The van der Waals surface area contributed by atoms with Crippen molar-refractivity contribution in [1.82, 2.24) is 29.5 Å². The number of halogens is 1. The van der Waals surface area contributed by atoms with Crippen molar-refractivity contribution >= 4 is 35.0 Å². The van der Waals surface area contributed by atoms with Crippen molar-refractivity contribution in [3.63, 3.8) is 0 Å². The van der Waals surface area contributed by atoms with E-state index in [1.807, 2.05) is 6.07 Å². The minimum atomic E-state index is -0.526. The van der Waals surface area contributed by atoms with Crippen LogP contribution < -0.4 is 21.7 Å². The lowest BCUT2D eigenvalue weighted by Gasteiger charge is -2.07. The number of aromatic nitrogens is 6. The number of nitriles is 1. The lowest BCUT2D eigenvalue weighted by Crippen LogP contribution is -2.20. The van der Waals surface area contributed by atoms with E-state index < -0.39 is 5.69 Å². The van der Waals surface area contributed by atoms with Gasteiger partial charge in [-0.3, -0.25) is 9.98 Å². The molecular formula is C19H14ClN9O2. The van der Waals surface area contributed by atoms with Gasteiger partial charge in [-0.15, -0.1) is 0 Å². The van der Waals surface area contributed by atoms with E-state index in [9.17, 15) is 9.90 Å². The molecule has 12 heteroatoms. The van der Waals surface area contributed by atoms with Crippen LogP contribution in [0.4, 0.5) is 11.6 Å². The first-order valence-electron chi connectivity index (χ1n) is 9.28. The largest absolute Gasteiger partial charge is 0.493 e. The summed E-state index contributed by atoms with van der Waals surface area (Å²) in [6, 6.07) is 5.46. The molecule has 0 aromatic carbocycles. The maximum Gasteiger partial charge on any atom is 0.326 e. The summed E-state index contributed by atoms with van der Waals surface area (Å²) in [5.74, 6) is 0.482. The van der Waals surface area contributed by atoms with E-state index in [0.717, 1.165) is 12.8 Å². The third-order valence-corrected chi connectivity index (χ3v) is 4.88. The fraction of sp³-hybridized carbons (Fsp3) is 0.158. The van der Waals surface area contributed by atoms with Gasteiger partial charge in [0.2, 0.25) is 5.88 Å². The van der Waals surface area contributed by atoms with E-state index in [4.69, 9.17) is 16.9 Å². The average molecular weight is 436 g/mol. The fourth-order valence-corrected chi connectivity index (χ4v) is 3.19. The molecule has 4 N–H and O–H groups in total. The van der Waals surface area contributed by atoms with Crippen LogP contribution in [0.15, 0.2) is 34.3 Å². The summed E-state index contributed by atoms with van der Waals surface area (Å²) in [6.45, 7) is 0. The monoisotopic (exact) mass is 435 g/mol. The molecule has 0 saturated heterocycles. The van der Waals surface area contributed by atoms with Crippen LogP contribution in [0.2, 0.25) is 5.02 Å². The SMILES string of the molecule is N#Cc1cnc(Nc2cc(=NC3CC3)n3nc/c(=C/c4[nH]c(=O)[nH]c4O)c3n2)c(Cl)c1. The third kappa shape index (κ3) is 3.72. The van der Waals surface area contributed by atoms with Gasteiger partial charge in [-0.05, 0) is 25.0 Å². The van der Waals surface area contributed by atoms with Crippen LogP contribution in [0.25, 0.3) is 11.7 Å². The number of hydrogen-bond donors (Lipinski definition) is 4. The number of hydrogen-bond acceptors (Lipinski definition) is 8. The Hall–Kier alpha value is -4.17. The van der Waals surface area contributed by atoms with E-state index in [2.05, 4.69) is 35.3 Å². The molecule has 11 nitrogen and oxygen atoms in total. The second kappa shape index (κ2) is 7.26. The second-order valence-electron chi connectivity index (χ2n) is 6.97.